The number of nitrogens with one attached hydrogen (secondary N) is 2. The topological polar surface area (TPSA) is 129 Å². The molecule has 9 nitrogen and oxygen atoms in total. The van der Waals surface area contributed by atoms with Crippen LogP contribution in [0.2, 0.25) is 0 Å². The van der Waals surface area contributed by atoms with Gasteiger partial charge in [0, 0.05) is 25.5 Å². The van der Waals surface area contributed by atoms with E-state index in [1.54, 1.807) is 0 Å². The molecule has 0 radical (unpaired) electrons. The number of amides is 2. The third kappa shape index (κ3) is 7.57. The molecular formula is C24H29F3N4O5S. The number of benzene rings is 1. The van der Waals surface area contributed by atoms with Gasteiger partial charge < -0.3 is 15.3 Å². The van der Waals surface area contributed by atoms with Crippen molar-refractivity contribution in [2.75, 3.05) is 34.9 Å². The van der Waals surface area contributed by atoms with Gasteiger partial charge in [-0.05, 0) is 48.1 Å². The van der Waals surface area contributed by atoms with Crippen LogP contribution in [0, 0.1) is 11.8 Å². The summed E-state index contributed by atoms with van der Waals surface area (Å²) in [5.41, 5.74) is 0.306. The Bertz CT molecular complexity index is 1240. The number of urea groups is 1. The lowest BCUT2D eigenvalue weighted by Gasteiger charge is -2.37. The minimum absolute atomic E-state index is 0.0295. The summed E-state index contributed by atoms with van der Waals surface area (Å²) >= 11 is 0. The van der Waals surface area contributed by atoms with E-state index in [1.807, 2.05) is 4.90 Å². The van der Waals surface area contributed by atoms with Gasteiger partial charge in [0.1, 0.15) is 5.82 Å². The fraction of sp³-hybridized carbons (Fsp3) is 0.458. The number of aromatic nitrogens is 1. The Kier molecular flexibility index (Phi) is 8.35. The summed E-state index contributed by atoms with van der Waals surface area (Å²) in [5, 5.41) is 14.0. The number of carbonyl (C=O) groups is 2. The van der Waals surface area contributed by atoms with Gasteiger partial charge in [-0.15, -0.1) is 0 Å². The predicted octanol–water partition coefficient (Wildman–Crippen LogP) is 4.73. The molecule has 3 rings (SSSR count). The van der Waals surface area contributed by atoms with Crippen LogP contribution in [-0.4, -0.2) is 56.0 Å². The van der Waals surface area contributed by atoms with Crippen LogP contribution >= 0.6 is 0 Å². The lowest BCUT2D eigenvalue weighted by atomic mass is 9.90. The number of nitrogens with zero attached hydrogens (tertiary/aromatic N) is 2. The molecule has 0 spiro atoms. The van der Waals surface area contributed by atoms with Gasteiger partial charge in [0.2, 0.25) is 0 Å². The maximum atomic E-state index is 13.7. The number of aliphatic carboxylic acids is 1. The molecule has 1 aliphatic rings. The Morgan fingerprint density at radius 3 is 2.30 bits per heavy atom. The van der Waals surface area contributed by atoms with Crippen molar-refractivity contribution in [2.24, 2.45) is 11.8 Å². The summed E-state index contributed by atoms with van der Waals surface area (Å²) in [6.07, 6.45) is -2.88. The summed E-state index contributed by atoms with van der Waals surface area (Å²) in [5.74, 6) is -3.19. The van der Waals surface area contributed by atoms with E-state index in [1.165, 1.54) is 24.3 Å². The Labute approximate surface area is 213 Å². The van der Waals surface area contributed by atoms with Gasteiger partial charge in [-0.3, -0.25) is 10.1 Å². The van der Waals surface area contributed by atoms with Crippen LogP contribution < -0.4 is 15.5 Å². The third-order valence-corrected chi connectivity index (χ3v) is 7.16. The molecule has 37 heavy (non-hydrogen) atoms. The van der Waals surface area contributed by atoms with Crippen molar-refractivity contribution in [3.8, 4) is 0 Å². The number of carboxylic acid groups (broad SMARTS) is 1. The number of hydrogen-bond donors (Lipinski definition) is 3. The predicted molar refractivity (Wildman–Crippen MR) is 133 cm³/mol. The second kappa shape index (κ2) is 11.0. The van der Waals surface area contributed by atoms with Gasteiger partial charge in [0.15, 0.2) is 9.84 Å². The summed E-state index contributed by atoms with van der Waals surface area (Å²) in [4.78, 5) is 29.7. The summed E-state index contributed by atoms with van der Waals surface area (Å²) < 4.78 is 64.3. The SMILES string of the molecule is CC1CC(C)CN(c2ccc(C(CC(=O)O)C(F)(F)F)cc2NC(=O)Nc2ccc(S(C)(=O)=O)cn2)C1. The van der Waals surface area contributed by atoms with Crippen molar-refractivity contribution in [3.05, 3.63) is 42.1 Å². The zero-order chi connectivity index (χ0) is 27.5. The first kappa shape index (κ1) is 28.2. The van der Waals surface area contributed by atoms with E-state index in [4.69, 9.17) is 5.11 Å². The monoisotopic (exact) mass is 542 g/mol. The molecular weight excluding hydrogens is 513 g/mol. The fourth-order valence-corrected chi connectivity index (χ4v) is 5.11. The average molecular weight is 543 g/mol. The smallest absolute Gasteiger partial charge is 0.396 e. The van der Waals surface area contributed by atoms with Gasteiger partial charge >= 0.3 is 18.2 Å². The molecule has 2 aromatic rings. The van der Waals surface area contributed by atoms with E-state index in [0.29, 0.717) is 30.6 Å². The summed E-state index contributed by atoms with van der Waals surface area (Å²) in [6, 6.07) is 5.61. The van der Waals surface area contributed by atoms with E-state index in [0.717, 1.165) is 24.9 Å². The zero-order valence-corrected chi connectivity index (χ0v) is 21.4. The number of rotatable bonds is 7. The molecule has 2 amide bonds. The molecule has 1 saturated heterocycles. The molecule has 1 fully saturated rings. The molecule has 3 unspecified atom stereocenters. The minimum Gasteiger partial charge on any atom is -0.481 e. The molecule has 1 aliphatic heterocycles. The fourth-order valence-electron chi connectivity index (χ4n) is 4.55. The van der Waals surface area contributed by atoms with Crippen molar-refractivity contribution in [1.29, 1.82) is 0 Å². The first-order chi connectivity index (χ1) is 17.1. The van der Waals surface area contributed by atoms with Gasteiger partial charge in [-0.1, -0.05) is 19.9 Å². The van der Waals surface area contributed by atoms with Gasteiger partial charge in [-0.25, -0.2) is 18.2 Å². The van der Waals surface area contributed by atoms with Crippen LogP contribution in [0.1, 0.15) is 38.2 Å². The van der Waals surface area contributed by atoms with Crippen LogP contribution in [0.25, 0.3) is 0 Å². The number of carboxylic acids is 1. The molecule has 0 bridgehead atoms. The molecule has 0 saturated carbocycles. The number of carbonyl (C=O) groups excluding carboxylic acids is 1. The van der Waals surface area contributed by atoms with E-state index >= 15 is 0 Å². The normalized spacial score (nSPS) is 19.2. The van der Waals surface area contributed by atoms with Crippen molar-refractivity contribution in [1.82, 2.24) is 4.98 Å². The van der Waals surface area contributed by atoms with Crippen LogP contribution in [0.15, 0.2) is 41.4 Å². The number of alkyl halides is 3. The highest BCUT2D eigenvalue weighted by Crippen LogP contribution is 2.41. The van der Waals surface area contributed by atoms with Gasteiger partial charge in [0.25, 0.3) is 0 Å². The van der Waals surface area contributed by atoms with Gasteiger partial charge in [0.05, 0.1) is 28.6 Å². The second-order valence-corrected chi connectivity index (χ2v) is 11.6. The number of piperidine rings is 1. The van der Waals surface area contributed by atoms with E-state index < -0.39 is 40.4 Å². The Hall–Kier alpha value is -3.35. The zero-order valence-electron chi connectivity index (χ0n) is 20.5. The largest absolute Gasteiger partial charge is 0.481 e. The van der Waals surface area contributed by atoms with Crippen LogP contribution in [0.4, 0.5) is 35.2 Å². The maximum Gasteiger partial charge on any atom is 0.396 e. The van der Waals surface area contributed by atoms with Crippen LogP contribution in [-0.2, 0) is 14.6 Å². The highest BCUT2D eigenvalue weighted by molar-refractivity contribution is 7.90. The maximum absolute atomic E-state index is 13.7. The van der Waals surface area contributed by atoms with Crippen molar-refractivity contribution < 1.29 is 36.3 Å². The first-order valence-electron chi connectivity index (χ1n) is 11.5. The first-order valence-corrected chi connectivity index (χ1v) is 13.4. The molecule has 0 aliphatic carbocycles. The summed E-state index contributed by atoms with van der Waals surface area (Å²) in [6.45, 7) is 5.39. The molecule has 1 aromatic carbocycles. The third-order valence-electron chi connectivity index (χ3n) is 6.06. The van der Waals surface area contributed by atoms with Crippen molar-refractivity contribution in [2.45, 2.75) is 43.7 Å². The van der Waals surface area contributed by atoms with E-state index in [9.17, 15) is 31.2 Å². The molecule has 3 N–H and O–H groups in total. The molecule has 3 atom stereocenters. The number of anilines is 3. The van der Waals surface area contributed by atoms with Crippen LogP contribution in [0.5, 0.6) is 0 Å². The average Bonchev–Trinajstić information content (AvgIpc) is 2.75. The van der Waals surface area contributed by atoms with Crippen LogP contribution in [0.3, 0.4) is 0 Å². The number of sulfone groups is 1. The Morgan fingerprint density at radius 2 is 1.78 bits per heavy atom. The Morgan fingerprint density at radius 1 is 1.14 bits per heavy atom. The molecule has 202 valence electrons. The second-order valence-electron chi connectivity index (χ2n) is 9.55. The van der Waals surface area contributed by atoms with E-state index in [2.05, 4.69) is 29.5 Å². The molecule has 2 heterocycles. The quantitative estimate of drug-likeness (QED) is 0.461. The van der Waals surface area contributed by atoms with Crippen molar-refractivity contribution in [3.63, 3.8) is 0 Å². The Balaban J connectivity index is 1.94. The lowest BCUT2D eigenvalue weighted by Crippen LogP contribution is -2.39. The molecule has 13 heteroatoms. The lowest BCUT2D eigenvalue weighted by molar-refractivity contribution is -0.163. The minimum atomic E-state index is -4.81. The molecule has 1 aromatic heterocycles. The summed E-state index contributed by atoms with van der Waals surface area (Å²) in [7, 11) is -3.49. The van der Waals surface area contributed by atoms with Gasteiger partial charge in [-0.2, -0.15) is 13.2 Å². The number of hydrogen-bond acceptors (Lipinski definition) is 6. The van der Waals surface area contributed by atoms with E-state index in [-0.39, 0.29) is 22.0 Å². The number of pyridine rings is 1. The highest BCUT2D eigenvalue weighted by atomic mass is 32.2. The number of halogens is 3. The highest BCUT2D eigenvalue weighted by Gasteiger charge is 2.42. The standard InChI is InChI=1S/C24H29F3N4O5S/c1-14-8-15(2)13-31(12-14)20-6-4-16(18(10-22(32)33)24(25,26)27)9-19(20)29-23(34)30-21-7-5-17(11-28-21)37(3,35)36/h4-7,9,11,14-15,18H,8,10,12-13H2,1-3H3,(H,32,33)(H2,28,29,30,34). The van der Waals surface area contributed by atoms with Crippen molar-refractivity contribution >= 4 is 39.0 Å².